The quantitative estimate of drug-likeness (QED) is 0.488. The molecule has 0 aliphatic carbocycles. The molecule has 1 fully saturated rings. The minimum absolute atomic E-state index is 0.0143. The summed E-state index contributed by atoms with van der Waals surface area (Å²) in [4.78, 5) is 28.9. The standard InChI is InChI=1S/C24H22FN5OS/c1-15-20-22(28-21(27-15)17-9-11-18(25)12-10-17)29-24(32-20)30-13-5-8-19(30)23(31)26-14-16-6-3-2-4-7-16/h2-4,6-7,9-12,19H,5,8,13-14H2,1H3,(H,26,31)/t19-/m1/s1. The average molecular weight is 448 g/mol. The summed E-state index contributed by atoms with van der Waals surface area (Å²) in [7, 11) is 0. The first-order chi connectivity index (χ1) is 15.6. The molecule has 2 aromatic heterocycles. The zero-order valence-electron chi connectivity index (χ0n) is 17.6. The van der Waals surface area contributed by atoms with Crippen LogP contribution in [0.2, 0.25) is 0 Å². The largest absolute Gasteiger partial charge is 0.350 e. The fourth-order valence-electron chi connectivity index (χ4n) is 3.97. The number of nitrogens with zero attached hydrogens (tertiary/aromatic N) is 4. The van der Waals surface area contributed by atoms with Crippen LogP contribution in [-0.4, -0.2) is 33.4 Å². The van der Waals surface area contributed by atoms with Gasteiger partial charge in [0.1, 0.15) is 11.9 Å². The lowest BCUT2D eigenvalue weighted by Crippen LogP contribution is -2.43. The van der Waals surface area contributed by atoms with E-state index in [1.807, 2.05) is 37.3 Å². The molecule has 4 aromatic rings. The molecular weight excluding hydrogens is 425 g/mol. The van der Waals surface area contributed by atoms with Crippen LogP contribution in [0.1, 0.15) is 24.1 Å². The van der Waals surface area contributed by atoms with Gasteiger partial charge in [-0.25, -0.2) is 14.4 Å². The van der Waals surface area contributed by atoms with Crippen LogP contribution in [0.3, 0.4) is 0 Å². The molecule has 0 spiro atoms. The number of hydrogen-bond donors (Lipinski definition) is 1. The van der Waals surface area contributed by atoms with Crippen LogP contribution in [0, 0.1) is 12.7 Å². The van der Waals surface area contributed by atoms with E-state index in [2.05, 4.69) is 20.2 Å². The topological polar surface area (TPSA) is 71.0 Å². The Hall–Kier alpha value is -3.39. The summed E-state index contributed by atoms with van der Waals surface area (Å²) in [5.74, 6) is 0.235. The summed E-state index contributed by atoms with van der Waals surface area (Å²) >= 11 is 1.51. The maximum absolute atomic E-state index is 13.3. The Bertz CT molecular complexity index is 1260. The minimum atomic E-state index is -0.298. The lowest BCUT2D eigenvalue weighted by atomic mass is 10.2. The van der Waals surface area contributed by atoms with Crippen LogP contribution >= 0.6 is 11.3 Å². The highest BCUT2D eigenvalue weighted by molar-refractivity contribution is 7.22. The first kappa shape index (κ1) is 20.5. The van der Waals surface area contributed by atoms with Gasteiger partial charge in [-0.1, -0.05) is 41.7 Å². The van der Waals surface area contributed by atoms with Gasteiger partial charge >= 0.3 is 0 Å². The number of aromatic nitrogens is 3. The Morgan fingerprint density at radius 3 is 2.69 bits per heavy atom. The molecule has 32 heavy (non-hydrogen) atoms. The highest BCUT2D eigenvalue weighted by Crippen LogP contribution is 2.34. The number of rotatable bonds is 5. The summed E-state index contributed by atoms with van der Waals surface area (Å²) in [6.07, 6.45) is 1.73. The molecule has 1 amide bonds. The van der Waals surface area contributed by atoms with Crippen LogP contribution in [0.25, 0.3) is 21.7 Å². The second kappa shape index (κ2) is 8.63. The monoisotopic (exact) mass is 447 g/mol. The molecule has 5 rings (SSSR count). The Balaban J connectivity index is 1.39. The Morgan fingerprint density at radius 2 is 1.91 bits per heavy atom. The van der Waals surface area contributed by atoms with E-state index in [-0.39, 0.29) is 17.8 Å². The summed E-state index contributed by atoms with van der Waals surface area (Å²) in [6.45, 7) is 3.21. The summed E-state index contributed by atoms with van der Waals surface area (Å²) < 4.78 is 14.2. The normalized spacial score (nSPS) is 15.9. The second-order valence-electron chi connectivity index (χ2n) is 7.84. The number of carbonyl (C=O) groups excluding carboxylic acids is 1. The van der Waals surface area contributed by atoms with Crippen LogP contribution in [0.15, 0.2) is 54.6 Å². The third kappa shape index (κ3) is 4.05. The average Bonchev–Trinajstić information content (AvgIpc) is 3.46. The van der Waals surface area contributed by atoms with E-state index in [4.69, 9.17) is 4.98 Å². The number of hydrogen-bond acceptors (Lipinski definition) is 6. The van der Waals surface area contributed by atoms with Crippen molar-refractivity contribution < 1.29 is 9.18 Å². The van der Waals surface area contributed by atoms with Gasteiger partial charge in [-0.15, -0.1) is 0 Å². The van der Waals surface area contributed by atoms with Gasteiger partial charge in [-0.2, -0.15) is 4.98 Å². The van der Waals surface area contributed by atoms with E-state index in [1.54, 1.807) is 12.1 Å². The molecule has 1 saturated heterocycles. The van der Waals surface area contributed by atoms with Crippen LogP contribution in [0.4, 0.5) is 9.52 Å². The lowest BCUT2D eigenvalue weighted by molar-refractivity contribution is -0.122. The van der Waals surface area contributed by atoms with Crippen LogP contribution in [-0.2, 0) is 11.3 Å². The Labute approximate surface area is 189 Å². The van der Waals surface area contributed by atoms with Crippen molar-refractivity contribution in [3.05, 3.63) is 71.7 Å². The lowest BCUT2D eigenvalue weighted by Gasteiger charge is -2.23. The number of carbonyl (C=O) groups is 1. The fraction of sp³-hybridized carbons (Fsp3) is 0.250. The van der Waals surface area contributed by atoms with Gasteiger partial charge in [-0.3, -0.25) is 4.79 Å². The van der Waals surface area contributed by atoms with E-state index in [1.165, 1.54) is 23.5 Å². The zero-order valence-corrected chi connectivity index (χ0v) is 18.4. The molecule has 1 aliphatic heterocycles. The highest BCUT2D eigenvalue weighted by Gasteiger charge is 2.33. The molecule has 8 heteroatoms. The number of nitrogens with one attached hydrogen (secondary N) is 1. The van der Waals surface area contributed by atoms with Crippen molar-refractivity contribution >= 4 is 32.7 Å². The molecule has 1 N–H and O–H groups in total. The predicted octanol–water partition coefficient (Wildman–Crippen LogP) is 4.49. The molecule has 0 saturated carbocycles. The number of benzene rings is 2. The molecule has 3 heterocycles. The summed E-state index contributed by atoms with van der Waals surface area (Å²) in [5, 5.41) is 3.84. The van der Waals surface area contributed by atoms with Crippen LogP contribution in [0.5, 0.6) is 0 Å². The van der Waals surface area contributed by atoms with Gasteiger partial charge in [0.05, 0.1) is 10.4 Å². The van der Waals surface area contributed by atoms with E-state index in [9.17, 15) is 9.18 Å². The van der Waals surface area contributed by atoms with Crippen molar-refractivity contribution in [2.45, 2.75) is 32.4 Å². The fourth-order valence-corrected chi connectivity index (χ4v) is 5.00. The molecule has 0 radical (unpaired) electrons. The number of fused-ring (bicyclic) bond motifs is 1. The maximum atomic E-state index is 13.3. The second-order valence-corrected chi connectivity index (χ2v) is 8.82. The predicted molar refractivity (Wildman–Crippen MR) is 124 cm³/mol. The molecule has 1 aliphatic rings. The van der Waals surface area contributed by atoms with Crippen molar-refractivity contribution in [1.29, 1.82) is 0 Å². The van der Waals surface area contributed by atoms with Crippen molar-refractivity contribution in [2.75, 3.05) is 11.4 Å². The van der Waals surface area contributed by atoms with Crippen molar-refractivity contribution in [1.82, 2.24) is 20.3 Å². The van der Waals surface area contributed by atoms with E-state index >= 15 is 0 Å². The van der Waals surface area contributed by atoms with E-state index < -0.39 is 0 Å². The molecule has 1 atom stereocenters. The molecule has 0 bridgehead atoms. The number of thiazole rings is 1. The van der Waals surface area contributed by atoms with Gasteiger partial charge in [-0.05, 0) is 49.6 Å². The Kier molecular flexibility index (Phi) is 5.53. The van der Waals surface area contributed by atoms with E-state index in [0.717, 1.165) is 46.0 Å². The SMILES string of the molecule is Cc1nc(-c2ccc(F)cc2)nc2nc(N3CCC[C@@H]3C(=O)NCc3ccccc3)sc12. The third-order valence-electron chi connectivity index (χ3n) is 5.63. The summed E-state index contributed by atoms with van der Waals surface area (Å²) in [5.41, 5.74) is 3.24. The first-order valence-electron chi connectivity index (χ1n) is 10.6. The first-order valence-corrected chi connectivity index (χ1v) is 11.4. The molecule has 2 aromatic carbocycles. The van der Waals surface area contributed by atoms with Crippen molar-refractivity contribution in [3.63, 3.8) is 0 Å². The van der Waals surface area contributed by atoms with Crippen molar-refractivity contribution in [3.8, 4) is 11.4 Å². The zero-order chi connectivity index (χ0) is 22.1. The molecule has 162 valence electrons. The van der Waals surface area contributed by atoms with Crippen molar-refractivity contribution in [2.24, 2.45) is 0 Å². The smallest absolute Gasteiger partial charge is 0.243 e. The van der Waals surface area contributed by atoms with Gasteiger partial charge in [0.15, 0.2) is 16.6 Å². The summed E-state index contributed by atoms with van der Waals surface area (Å²) in [6, 6.07) is 15.8. The maximum Gasteiger partial charge on any atom is 0.243 e. The molecule has 6 nitrogen and oxygen atoms in total. The van der Waals surface area contributed by atoms with E-state index in [0.29, 0.717) is 18.0 Å². The third-order valence-corrected chi connectivity index (χ3v) is 6.82. The van der Waals surface area contributed by atoms with Gasteiger partial charge < -0.3 is 10.2 Å². The van der Waals surface area contributed by atoms with Crippen LogP contribution < -0.4 is 10.2 Å². The molecule has 0 unspecified atom stereocenters. The van der Waals surface area contributed by atoms with Gasteiger partial charge in [0, 0.05) is 18.7 Å². The Morgan fingerprint density at radius 1 is 1.12 bits per heavy atom. The number of amides is 1. The number of halogens is 1. The number of anilines is 1. The number of aryl methyl sites for hydroxylation is 1. The van der Waals surface area contributed by atoms with Gasteiger partial charge in [0.2, 0.25) is 5.91 Å². The minimum Gasteiger partial charge on any atom is -0.350 e. The highest BCUT2D eigenvalue weighted by atomic mass is 32.1. The van der Waals surface area contributed by atoms with Gasteiger partial charge in [0.25, 0.3) is 0 Å². The molecular formula is C24H22FN5OS.